The lowest BCUT2D eigenvalue weighted by Crippen LogP contribution is -2.20. The zero-order valence-electron chi connectivity index (χ0n) is 18.1. The number of unbranched alkanes of at least 4 members (excludes halogenated alkanes) is 2. The van der Waals surface area contributed by atoms with Crippen molar-refractivity contribution >= 4 is 16.9 Å². The molecule has 0 N–H and O–H groups in total. The van der Waals surface area contributed by atoms with Crippen LogP contribution < -0.4 is 5.11 Å². The first-order valence-electron chi connectivity index (χ1n) is 10.8. The quantitative estimate of drug-likeness (QED) is 0.312. The molecule has 0 spiro atoms. The highest BCUT2D eigenvalue weighted by molar-refractivity contribution is 7.97. The molecule has 30 heavy (non-hydrogen) atoms. The first-order valence-corrected chi connectivity index (χ1v) is 12.0. The number of hydrogen-bond acceptors (Lipinski definition) is 2. The Morgan fingerprint density at radius 3 is 1.60 bits per heavy atom. The highest BCUT2D eigenvalue weighted by atomic mass is 32.2. The Labute approximate surface area is 184 Å². The second-order valence-electron chi connectivity index (χ2n) is 7.16. The molecule has 0 unspecified atom stereocenters. The maximum absolute atomic E-state index is 9.49. The number of aryl methyl sites for hydroxylation is 1. The summed E-state index contributed by atoms with van der Waals surface area (Å²) in [4.78, 5) is 13.6. The molecule has 0 fully saturated rings. The van der Waals surface area contributed by atoms with Gasteiger partial charge in [-0.25, -0.2) is 0 Å². The summed E-state index contributed by atoms with van der Waals surface area (Å²) < 4.78 is 0. The van der Waals surface area contributed by atoms with Crippen molar-refractivity contribution in [1.29, 1.82) is 0 Å². The SMILES string of the molecule is CCCC(=O)[O-].CCCCCc1ccc([S+](c2ccccc2)c2ccccc2)cc1. The highest BCUT2D eigenvalue weighted by Gasteiger charge is 2.27. The molecule has 3 heteroatoms. The van der Waals surface area contributed by atoms with Crippen LogP contribution in [0, 0.1) is 0 Å². The van der Waals surface area contributed by atoms with Crippen LogP contribution in [0.2, 0.25) is 0 Å². The molecule has 0 aromatic heterocycles. The molecule has 0 amide bonds. The predicted molar refractivity (Wildman–Crippen MR) is 125 cm³/mol. The van der Waals surface area contributed by atoms with E-state index in [1.54, 1.807) is 6.92 Å². The summed E-state index contributed by atoms with van der Waals surface area (Å²) in [7, 11) is -0.0302. The van der Waals surface area contributed by atoms with Gasteiger partial charge < -0.3 is 9.90 Å². The van der Waals surface area contributed by atoms with Crippen LogP contribution in [-0.4, -0.2) is 5.97 Å². The summed E-state index contributed by atoms with van der Waals surface area (Å²) >= 11 is 0. The van der Waals surface area contributed by atoms with Crippen molar-refractivity contribution in [2.75, 3.05) is 0 Å². The summed E-state index contributed by atoms with van der Waals surface area (Å²) in [5, 5.41) is 9.49. The van der Waals surface area contributed by atoms with Gasteiger partial charge in [-0.1, -0.05) is 81.6 Å². The van der Waals surface area contributed by atoms with Gasteiger partial charge in [0.2, 0.25) is 0 Å². The van der Waals surface area contributed by atoms with Gasteiger partial charge >= 0.3 is 0 Å². The minimum atomic E-state index is -0.961. The summed E-state index contributed by atoms with van der Waals surface area (Å²) in [6.45, 7) is 4.06. The van der Waals surface area contributed by atoms with Crippen molar-refractivity contribution in [2.24, 2.45) is 0 Å². The molecule has 3 aromatic carbocycles. The zero-order chi connectivity index (χ0) is 21.6. The van der Waals surface area contributed by atoms with E-state index in [4.69, 9.17) is 0 Å². The number of carboxylic acid groups (broad SMARTS) is 1. The van der Waals surface area contributed by atoms with Crippen molar-refractivity contribution in [3.8, 4) is 0 Å². The molecule has 0 saturated heterocycles. The van der Waals surface area contributed by atoms with E-state index >= 15 is 0 Å². The lowest BCUT2D eigenvalue weighted by molar-refractivity contribution is -0.305. The van der Waals surface area contributed by atoms with E-state index in [-0.39, 0.29) is 17.3 Å². The molecule has 0 heterocycles. The van der Waals surface area contributed by atoms with Gasteiger partial charge in [-0.2, -0.15) is 0 Å². The third-order valence-corrected chi connectivity index (χ3v) is 6.87. The van der Waals surface area contributed by atoms with Crippen LogP contribution in [0.5, 0.6) is 0 Å². The molecular formula is C27H32O2S. The highest BCUT2D eigenvalue weighted by Crippen LogP contribution is 2.31. The largest absolute Gasteiger partial charge is 0.550 e. The number of carbonyl (C=O) groups is 1. The van der Waals surface area contributed by atoms with Crippen LogP contribution >= 0.6 is 0 Å². The Bertz CT molecular complexity index is 806. The van der Waals surface area contributed by atoms with Crippen molar-refractivity contribution in [3.63, 3.8) is 0 Å². The predicted octanol–water partition coefficient (Wildman–Crippen LogP) is 6.05. The van der Waals surface area contributed by atoms with E-state index in [9.17, 15) is 9.90 Å². The summed E-state index contributed by atoms with van der Waals surface area (Å²) in [6.07, 6.45) is 5.93. The maximum Gasteiger partial charge on any atom is 0.166 e. The fourth-order valence-electron chi connectivity index (χ4n) is 3.10. The van der Waals surface area contributed by atoms with Crippen LogP contribution in [0.1, 0.15) is 51.5 Å². The molecule has 0 aliphatic heterocycles. The van der Waals surface area contributed by atoms with Crippen molar-refractivity contribution < 1.29 is 9.90 Å². The van der Waals surface area contributed by atoms with E-state index in [1.807, 2.05) is 0 Å². The lowest BCUT2D eigenvalue weighted by Gasteiger charge is -2.08. The van der Waals surface area contributed by atoms with E-state index in [1.165, 1.54) is 45.9 Å². The Balaban J connectivity index is 0.000000469. The average molecular weight is 421 g/mol. The molecule has 0 radical (unpaired) electrons. The topological polar surface area (TPSA) is 40.1 Å². The maximum atomic E-state index is 9.49. The summed E-state index contributed by atoms with van der Waals surface area (Å²) in [5.41, 5.74) is 1.46. The van der Waals surface area contributed by atoms with Crippen LogP contribution in [-0.2, 0) is 22.1 Å². The monoisotopic (exact) mass is 420 g/mol. The van der Waals surface area contributed by atoms with Gasteiger partial charge in [0.25, 0.3) is 0 Å². The van der Waals surface area contributed by atoms with Gasteiger partial charge in [-0.05, 0) is 61.2 Å². The molecule has 158 valence electrons. The molecule has 0 atom stereocenters. The molecule has 0 bridgehead atoms. The number of benzene rings is 3. The van der Waals surface area contributed by atoms with Gasteiger partial charge in [0, 0.05) is 5.97 Å². The average Bonchev–Trinajstić information content (AvgIpc) is 2.77. The zero-order valence-corrected chi connectivity index (χ0v) is 18.9. The molecule has 2 nitrogen and oxygen atoms in total. The normalized spacial score (nSPS) is 10.4. The minimum Gasteiger partial charge on any atom is -0.550 e. The van der Waals surface area contributed by atoms with Crippen LogP contribution in [0.4, 0.5) is 0 Å². The van der Waals surface area contributed by atoms with E-state index in [0.717, 1.165) is 0 Å². The standard InChI is InChI=1S/C23H25S.C4H8O2/c1-2-3-6-11-20-16-18-23(19-17-20)24(21-12-7-4-8-13-21)22-14-9-5-10-15-22;1-2-3-4(5)6/h4-5,7-10,12-19H,2-3,6,11H2,1H3;2-3H2,1H3,(H,5,6)/q+1;/p-1. The van der Waals surface area contributed by atoms with Gasteiger partial charge in [0.05, 0.1) is 10.9 Å². The number of carbonyl (C=O) groups excluding carboxylic acids is 1. The van der Waals surface area contributed by atoms with Gasteiger partial charge in [-0.15, -0.1) is 0 Å². The molecule has 0 aliphatic rings. The van der Waals surface area contributed by atoms with Crippen molar-refractivity contribution in [2.45, 2.75) is 67.1 Å². The Kier molecular flexibility index (Phi) is 10.8. The van der Waals surface area contributed by atoms with Crippen molar-refractivity contribution in [3.05, 3.63) is 90.5 Å². The summed E-state index contributed by atoms with van der Waals surface area (Å²) in [5.74, 6) is -0.961. The number of rotatable bonds is 9. The minimum absolute atomic E-state index is 0.0302. The molecule has 0 saturated carbocycles. The van der Waals surface area contributed by atoms with Gasteiger partial charge in [0.1, 0.15) is 0 Å². The molecular weight excluding hydrogens is 388 g/mol. The summed E-state index contributed by atoms with van der Waals surface area (Å²) in [6, 6.07) is 31.0. The van der Waals surface area contributed by atoms with Crippen LogP contribution in [0.3, 0.4) is 0 Å². The third kappa shape index (κ3) is 8.08. The Hall–Kier alpha value is -2.52. The number of aliphatic carboxylic acids is 1. The number of carboxylic acids is 1. The van der Waals surface area contributed by atoms with Crippen LogP contribution in [0.25, 0.3) is 0 Å². The van der Waals surface area contributed by atoms with E-state index < -0.39 is 5.97 Å². The smallest absolute Gasteiger partial charge is 0.166 e. The Morgan fingerprint density at radius 1 is 0.700 bits per heavy atom. The third-order valence-electron chi connectivity index (χ3n) is 4.64. The molecule has 0 aliphatic carbocycles. The molecule has 3 aromatic rings. The lowest BCUT2D eigenvalue weighted by atomic mass is 10.1. The fourth-order valence-corrected chi connectivity index (χ4v) is 5.18. The van der Waals surface area contributed by atoms with Crippen LogP contribution in [0.15, 0.2) is 99.6 Å². The molecule has 3 rings (SSSR count). The first-order chi connectivity index (χ1) is 14.7. The van der Waals surface area contributed by atoms with Gasteiger partial charge in [-0.3, -0.25) is 0 Å². The van der Waals surface area contributed by atoms with Gasteiger partial charge in [0.15, 0.2) is 14.7 Å². The fraction of sp³-hybridized carbons (Fsp3) is 0.296. The van der Waals surface area contributed by atoms with Crippen molar-refractivity contribution in [1.82, 2.24) is 0 Å². The van der Waals surface area contributed by atoms with E-state index in [0.29, 0.717) is 6.42 Å². The second kappa shape index (κ2) is 13.7. The first kappa shape index (κ1) is 23.8. The van der Waals surface area contributed by atoms with E-state index in [2.05, 4.69) is 91.9 Å². The second-order valence-corrected chi connectivity index (χ2v) is 9.18. The Morgan fingerprint density at radius 2 is 1.20 bits per heavy atom. The number of hydrogen-bond donors (Lipinski definition) is 0.